The van der Waals surface area contributed by atoms with Gasteiger partial charge in [0.1, 0.15) is 0 Å². The number of fused-ring (bicyclic) bond motifs is 3. The second-order valence-electron chi connectivity index (χ2n) is 13.3. The molecule has 0 aliphatic heterocycles. The molecule has 2 aromatic heterocycles. The van der Waals surface area contributed by atoms with Crippen LogP contribution in [0.1, 0.15) is 49.9 Å². The van der Waals surface area contributed by atoms with Gasteiger partial charge in [-0.2, -0.15) is 0 Å². The molecule has 0 N–H and O–H groups in total. The van der Waals surface area contributed by atoms with E-state index in [0.29, 0.717) is 11.8 Å². The summed E-state index contributed by atoms with van der Waals surface area (Å²) in [6, 6.07) is 44.6. The van der Waals surface area contributed by atoms with Gasteiger partial charge >= 0.3 is 0 Å². The van der Waals surface area contributed by atoms with E-state index in [1.807, 2.05) is 42.6 Å². The summed E-state index contributed by atoms with van der Waals surface area (Å²) >= 11 is 0. The summed E-state index contributed by atoms with van der Waals surface area (Å²) in [6.07, 6.45) is 3.97. The van der Waals surface area contributed by atoms with Crippen LogP contribution in [0.3, 0.4) is 0 Å². The molecule has 48 heavy (non-hydrogen) atoms. The Kier molecular flexibility index (Phi) is 11.4. The summed E-state index contributed by atoms with van der Waals surface area (Å²) in [5.41, 5.74) is 11.8. The van der Waals surface area contributed by atoms with Crippen LogP contribution in [-0.4, -0.2) is 14.5 Å². The van der Waals surface area contributed by atoms with Gasteiger partial charge in [0.15, 0.2) is 0 Å². The molecule has 0 atom stereocenters. The van der Waals surface area contributed by atoms with Gasteiger partial charge in [0, 0.05) is 37.4 Å². The molecule has 1 radical (unpaired) electrons. The fourth-order valence-corrected chi connectivity index (χ4v) is 6.23. The zero-order valence-corrected chi connectivity index (χ0v) is 31.1. The molecule has 4 heteroatoms. The molecule has 0 aliphatic rings. The Hall–Kier alpha value is -4.37. The Balaban J connectivity index is 0.000000252. The molecule has 3 nitrogen and oxygen atoms in total. The van der Waals surface area contributed by atoms with Crippen LogP contribution in [0.15, 0.2) is 115 Å². The summed E-state index contributed by atoms with van der Waals surface area (Å²) in [6.45, 7) is 13.4. The summed E-state index contributed by atoms with van der Waals surface area (Å²) in [7, 11) is 0. The van der Waals surface area contributed by atoms with E-state index in [2.05, 4.69) is 136 Å². The minimum Gasteiger partial charge on any atom is -0.332 e. The van der Waals surface area contributed by atoms with Crippen molar-refractivity contribution in [2.24, 2.45) is 11.8 Å². The summed E-state index contributed by atoms with van der Waals surface area (Å²) in [4.78, 5) is 9.56. The molecule has 0 amide bonds. The van der Waals surface area contributed by atoms with Crippen LogP contribution in [0, 0.1) is 37.8 Å². The molecule has 0 unspecified atom stereocenters. The van der Waals surface area contributed by atoms with E-state index in [1.54, 1.807) is 0 Å². The molecule has 7 aromatic rings. The summed E-state index contributed by atoms with van der Waals surface area (Å²) < 4.78 is 2.43. The SMILES string of the molecule is CC(C)Cc1cccc(CC(C)C)c1-n1c(-c2[c-]cccc2)nc2ccc3ccccc3c21.Cc1cnc(-c2[c-]cccc2)cc1C.[Ir]. The fourth-order valence-electron chi connectivity index (χ4n) is 6.23. The van der Waals surface area contributed by atoms with Gasteiger partial charge < -0.3 is 9.55 Å². The van der Waals surface area contributed by atoms with Crippen LogP contribution < -0.4 is 0 Å². The van der Waals surface area contributed by atoms with Crippen molar-refractivity contribution >= 4 is 21.8 Å². The first-order valence-electron chi connectivity index (χ1n) is 16.7. The number of aromatic nitrogens is 3. The smallest absolute Gasteiger partial charge is 0.0781 e. The van der Waals surface area contributed by atoms with E-state index in [9.17, 15) is 0 Å². The Bertz CT molecular complexity index is 2080. The zero-order valence-electron chi connectivity index (χ0n) is 28.7. The monoisotopic (exact) mass is 806 g/mol. The van der Waals surface area contributed by atoms with Gasteiger partial charge in [0.25, 0.3) is 0 Å². The van der Waals surface area contributed by atoms with Gasteiger partial charge in [0.2, 0.25) is 0 Å². The van der Waals surface area contributed by atoms with Crippen molar-refractivity contribution in [3.8, 4) is 28.3 Å². The third kappa shape index (κ3) is 7.67. The third-order valence-electron chi connectivity index (χ3n) is 8.53. The summed E-state index contributed by atoms with van der Waals surface area (Å²) in [5, 5.41) is 2.47. The fraction of sp³-hybridized carbons (Fsp3) is 0.227. The molecule has 7 rings (SSSR count). The average Bonchev–Trinajstić information content (AvgIpc) is 3.47. The predicted octanol–water partition coefficient (Wildman–Crippen LogP) is 11.2. The Morgan fingerprint density at radius 2 is 1.29 bits per heavy atom. The number of pyridine rings is 1. The first-order chi connectivity index (χ1) is 22.8. The van der Waals surface area contributed by atoms with Crippen LogP contribution in [0.2, 0.25) is 0 Å². The van der Waals surface area contributed by atoms with Gasteiger partial charge in [-0.3, -0.25) is 4.98 Å². The molecular formula is C44H43IrN3-2. The van der Waals surface area contributed by atoms with E-state index in [-0.39, 0.29) is 20.1 Å². The molecule has 0 aliphatic carbocycles. The molecule has 0 spiro atoms. The standard InChI is InChI=1S/C31H31N2.C13H12N.Ir/c1-21(2)19-25-14-10-15-26(20-22(3)4)29(25)33-30-27-16-9-8-11-23(27)17-18-28(30)32-31(33)24-12-6-5-7-13-24;1-10-8-13(14-9-11(10)2)12-6-4-3-5-7-12;/h5-12,14-18,21-22H,19-20H2,1-4H3;3-6,8-9H,1-2H3;/q2*-1;. The number of imidazole rings is 1. The molecular weight excluding hydrogens is 763 g/mol. The van der Waals surface area contributed by atoms with Crippen LogP contribution in [-0.2, 0) is 32.9 Å². The normalized spacial score (nSPS) is 11.1. The van der Waals surface area contributed by atoms with E-state index >= 15 is 0 Å². The number of rotatable bonds is 7. The van der Waals surface area contributed by atoms with Gasteiger partial charge in [-0.1, -0.05) is 87.9 Å². The Morgan fingerprint density at radius 1 is 0.667 bits per heavy atom. The van der Waals surface area contributed by atoms with E-state index in [0.717, 1.165) is 41.0 Å². The summed E-state index contributed by atoms with van der Waals surface area (Å²) in [5.74, 6) is 2.09. The first-order valence-corrected chi connectivity index (χ1v) is 16.7. The van der Waals surface area contributed by atoms with Crippen molar-refractivity contribution in [1.82, 2.24) is 14.5 Å². The van der Waals surface area contributed by atoms with Gasteiger partial charge in [-0.25, -0.2) is 0 Å². The van der Waals surface area contributed by atoms with Crippen molar-refractivity contribution in [1.29, 1.82) is 0 Å². The van der Waals surface area contributed by atoms with E-state index in [4.69, 9.17) is 4.98 Å². The number of nitrogens with zero attached hydrogens (tertiary/aromatic N) is 3. The molecule has 2 heterocycles. The molecule has 0 saturated heterocycles. The zero-order chi connectivity index (χ0) is 32.9. The second kappa shape index (κ2) is 15.7. The first kappa shape index (κ1) is 34.9. The molecule has 5 aromatic carbocycles. The van der Waals surface area contributed by atoms with Crippen LogP contribution in [0.25, 0.3) is 50.1 Å². The van der Waals surface area contributed by atoms with Crippen LogP contribution in [0.5, 0.6) is 0 Å². The van der Waals surface area contributed by atoms with Crippen molar-refractivity contribution in [2.75, 3.05) is 0 Å². The van der Waals surface area contributed by atoms with Crippen molar-refractivity contribution < 1.29 is 20.1 Å². The topological polar surface area (TPSA) is 30.7 Å². The predicted molar refractivity (Wildman–Crippen MR) is 198 cm³/mol. The number of hydrogen-bond donors (Lipinski definition) is 0. The largest absolute Gasteiger partial charge is 0.332 e. The number of aryl methyl sites for hydroxylation is 2. The number of hydrogen-bond acceptors (Lipinski definition) is 2. The molecule has 245 valence electrons. The van der Waals surface area contributed by atoms with Crippen molar-refractivity contribution in [2.45, 2.75) is 54.4 Å². The van der Waals surface area contributed by atoms with Gasteiger partial charge in [-0.05, 0) is 72.4 Å². The van der Waals surface area contributed by atoms with E-state index in [1.165, 1.54) is 44.2 Å². The van der Waals surface area contributed by atoms with Crippen LogP contribution >= 0.6 is 0 Å². The van der Waals surface area contributed by atoms with E-state index < -0.39 is 0 Å². The third-order valence-corrected chi connectivity index (χ3v) is 8.53. The molecule has 0 fully saturated rings. The minimum atomic E-state index is 0. The van der Waals surface area contributed by atoms with Crippen LogP contribution in [0.4, 0.5) is 0 Å². The maximum atomic E-state index is 5.18. The molecule has 0 bridgehead atoms. The van der Waals surface area contributed by atoms with Gasteiger partial charge in [0.05, 0.1) is 16.9 Å². The maximum absolute atomic E-state index is 5.18. The molecule has 0 saturated carbocycles. The Morgan fingerprint density at radius 3 is 1.90 bits per heavy atom. The number of benzene rings is 5. The second-order valence-corrected chi connectivity index (χ2v) is 13.3. The van der Waals surface area contributed by atoms with Crippen molar-refractivity contribution in [3.05, 3.63) is 150 Å². The average molecular weight is 806 g/mol. The Labute approximate surface area is 299 Å². The minimum absolute atomic E-state index is 0. The van der Waals surface area contributed by atoms with Crippen molar-refractivity contribution in [3.63, 3.8) is 0 Å². The quantitative estimate of drug-likeness (QED) is 0.150. The van der Waals surface area contributed by atoms with Gasteiger partial charge in [-0.15, -0.1) is 71.8 Å². The maximum Gasteiger partial charge on any atom is 0.0781 e. The number of para-hydroxylation sites is 1.